The SMILES string of the molecule is CC[C@@]1(C(=O)NCC2=CCCCC2)C[C@@H]2CC[C@H]1N2Cc1nccn1C. The maximum atomic E-state index is 13.3. The third kappa shape index (κ3) is 3.00. The fourth-order valence-electron chi connectivity index (χ4n) is 5.48. The van der Waals surface area contributed by atoms with Crippen LogP contribution in [0.2, 0.25) is 0 Å². The molecule has 0 spiro atoms. The number of aryl methyl sites for hydroxylation is 1. The largest absolute Gasteiger partial charge is 0.352 e. The number of hydrogen-bond donors (Lipinski definition) is 1. The molecular weight excluding hydrogens is 324 g/mol. The summed E-state index contributed by atoms with van der Waals surface area (Å²) >= 11 is 0. The van der Waals surface area contributed by atoms with Gasteiger partial charge in [-0.05, 0) is 51.4 Å². The van der Waals surface area contributed by atoms with Crippen LogP contribution in [0.3, 0.4) is 0 Å². The summed E-state index contributed by atoms with van der Waals surface area (Å²) < 4.78 is 2.10. The molecule has 1 amide bonds. The summed E-state index contributed by atoms with van der Waals surface area (Å²) in [4.78, 5) is 20.3. The smallest absolute Gasteiger partial charge is 0.228 e. The fraction of sp³-hybridized carbons (Fsp3) is 0.714. The second-order valence-electron chi connectivity index (χ2n) is 8.38. The van der Waals surface area contributed by atoms with Crippen LogP contribution in [0, 0.1) is 5.41 Å². The van der Waals surface area contributed by atoms with Gasteiger partial charge in [0.05, 0.1) is 12.0 Å². The summed E-state index contributed by atoms with van der Waals surface area (Å²) in [5.74, 6) is 1.38. The van der Waals surface area contributed by atoms with Crippen LogP contribution in [0.25, 0.3) is 0 Å². The number of hydrogen-bond acceptors (Lipinski definition) is 3. The summed E-state index contributed by atoms with van der Waals surface area (Å²) in [7, 11) is 2.05. The number of aromatic nitrogens is 2. The number of nitrogens with one attached hydrogen (secondary N) is 1. The summed E-state index contributed by atoms with van der Waals surface area (Å²) in [6.45, 7) is 3.80. The Balaban J connectivity index is 1.46. The number of rotatable bonds is 6. The third-order valence-corrected chi connectivity index (χ3v) is 7.07. The molecule has 0 radical (unpaired) electrons. The van der Waals surface area contributed by atoms with E-state index in [1.165, 1.54) is 31.3 Å². The Labute approximate surface area is 156 Å². The molecule has 3 heterocycles. The van der Waals surface area contributed by atoms with Crippen molar-refractivity contribution in [2.45, 2.75) is 76.9 Å². The van der Waals surface area contributed by atoms with Crippen molar-refractivity contribution in [3.8, 4) is 0 Å². The van der Waals surface area contributed by atoms with E-state index in [1.54, 1.807) is 0 Å². The van der Waals surface area contributed by atoms with E-state index < -0.39 is 0 Å². The summed E-state index contributed by atoms with van der Waals surface area (Å²) in [6, 6.07) is 0.880. The van der Waals surface area contributed by atoms with Crippen LogP contribution in [0.4, 0.5) is 0 Å². The standard InChI is InChI=1S/C21H32N4O/c1-3-21(20(26)23-14-16-7-5-4-6-8-16)13-17-9-10-18(21)25(17)15-19-22-11-12-24(19)2/h7,11-12,17-18H,3-6,8-10,13-15H2,1-2H3,(H,23,26)/t17-,18+,21+/m0/s1. The monoisotopic (exact) mass is 356 g/mol. The lowest BCUT2D eigenvalue weighted by molar-refractivity contribution is -0.133. The summed E-state index contributed by atoms with van der Waals surface area (Å²) in [5, 5.41) is 3.31. The van der Waals surface area contributed by atoms with E-state index in [-0.39, 0.29) is 11.3 Å². The van der Waals surface area contributed by atoms with Gasteiger partial charge in [-0.1, -0.05) is 18.6 Å². The quantitative estimate of drug-likeness (QED) is 0.797. The number of imidazole rings is 1. The third-order valence-electron chi connectivity index (χ3n) is 7.07. The van der Waals surface area contributed by atoms with Crippen molar-refractivity contribution in [1.82, 2.24) is 19.8 Å². The molecule has 0 saturated carbocycles. The van der Waals surface area contributed by atoms with Crippen molar-refractivity contribution >= 4 is 5.91 Å². The number of carbonyl (C=O) groups excluding carboxylic acids is 1. The van der Waals surface area contributed by atoms with Gasteiger partial charge < -0.3 is 9.88 Å². The number of nitrogens with zero attached hydrogens (tertiary/aromatic N) is 3. The van der Waals surface area contributed by atoms with E-state index in [2.05, 4.69) is 39.8 Å². The highest BCUT2D eigenvalue weighted by Gasteiger charge is 2.58. The highest BCUT2D eigenvalue weighted by molar-refractivity contribution is 5.84. The lowest BCUT2D eigenvalue weighted by Gasteiger charge is -2.35. The normalized spacial score (nSPS) is 31.2. The number of allylic oxidation sites excluding steroid dienone is 1. The van der Waals surface area contributed by atoms with Gasteiger partial charge in [0, 0.05) is 38.1 Å². The predicted molar refractivity (Wildman–Crippen MR) is 102 cm³/mol. The Morgan fingerprint density at radius 1 is 1.38 bits per heavy atom. The molecule has 2 saturated heterocycles. The highest BCUT2D eigenvalue weighted by Crippen LogP contribution is 2.52. The highest BCUT2D eigenvalue weighted by atomic mass is 16.2. The Morgan fingerprint density at radius 2 is 2.27 bits per heavy atom. The molecule has 1 aliphatic carbocycles. The number of amides is 1. The molecule has 5 heteroatoms. The molecule has 26 heavy (non-hydrogen) atoms. The van der Waals surface area contributed by atoms with E-state index in [0.29, 0.717) is 12.1 Å². The van der Waals surface area contributed by atoms with Gasteiger partial charge in [0.2, 0.25) is 5.91 Å². The molecule has 142 valence electrons. The van der Waals surface area contributed by atoms with E-state index in [0.717, 1.165) is 44.6 Å². The van der Waals surface area contributed by atoms with Crippen LogP contribution in [-0.2, 0) is 18.4 Å². The molecule has 1 aromatic rings. The lowest BCUT2D eigenvalue weighted by atomic mass is 9.71. The Kier molecular flexibility index (Phi) is 4.91. The second-order valence-corrected chi connectivity index (χ2v) is 8.38. The number of fused-ring (bicyclic) bond motifs is 2. The minimum atomic E-state index is -0.219. The predicted octanol–water partition coefficient (Wildman–Crippen LogP) is 3.17. The van der Waals surface area contributed by atoms with Crippen molar-refractivity contribution in [2.75, 3.05) is 6.54 Å². The molecule has 5 nitrogen and oxygen atoms in total. The molecule has 3 aliphatic rings. The first-order chi connectivity index (χ1) is 12.6. The first-order valence-electron chi connectivity index (χ1n) is 10.3. The van der Waals surface area contributed by atoms with Gasteiger partial charge in [-0.2, -0.15) is 0 Å². The molecule has 0 aromatic carbocycles. The van der Waals surface area contributed by atoms with Crippen LogP contribution in [0.15, 0.2) is 24.0 Å². The summed E-state index contributed by atoms with van der Waals surface area (Å²) in [6.07, 6.45) is 15.4. The van der Waals surface area contributed by atoms with Crippen molar-refractivity contribution in [2.24, 2.45) is 12.5 Å². The Morgan fingerprint density at radius 3 is 2.96 bits per heavy atom. The molecule has 0 unspecified atom stereocenters. The maximum Gasteiger partial charge on any atom is 0.228 e. The Bertz CT molecular complexity index is 694. The number of carbonyl (C=O) groups is 1. The Hall–Kier alpha value is -1.62. The summed E-state index contributed by atoms with van der Waals surface area (Å²) in [5.41, 5.74) is 1.20. The fourth-order valence-corrected chi connectivity index (χ4v) is 5.48. The van der Waals surface area contributed by atoms with Gasteiger partial charge in [-0.3, -0.25) is 9.69 Å². The lowest BCUT2D eigenvalue weighted by Crippen LogP contribution is -2.49. The zero-order valence-corrected chi connectivity index (χ0v) is 16.2. The van der Waals surface area contributed by atoms with Crippen molar-refractivity contribution in [1.29, 1.82) is 0 Å². The first kappa shape index (κ1) is 17.8. The maximum absolute atomic E-state index is 13.3. The average Bonchev–Trinajstić information content (AvgIpc) is 3.35. The molecule has 2 aliphatic heterocycles. The van der Waals surface area contributed by atoms with Crippen LogP contribution < -0.4 is 5.32 Å². The van der Waals surface area contributed by atoms with Gasteiger partial charge in [-0.15, -0.1) is 0 Å². The average molecular weight is 357 g/mol. The van der Waals surface area contributed by atoms with Crippen molar-refractivity contribution < 1.29 is 4.79 Å². The van der Waals surface area contributed by atoms with Crippen LogP contribution in [0.1, 0.15) is 64.1 Å². The molecule has 4 rings (SSSR count). The zero-order chi connectivity index (χ0) is 18.1. The second kappa shape index (κ2) is 7.18. The van der Waals surface area contributed by atoms with E-state index in [1.807, 2.05) is 12.4 Å². The van der Waals surface area contributed by atoms with E-state index in [4.69, 9.17) is 0 Å². The molecule has 1 aromatic heterocycles. The first-order valence-corrected chi connectivity index (χ1v) is 10.3. The van der Waals surface area contributed by atoms with Crippen LogP contribution in [0.5, 0.6) is 0 Å². The zero-order valence-electron chi connectivity index (χ0n) is 16.2. The molecule has 1 N–H and O–H groups in total. The minimum absolute atomic E-state index is 0.219. The van der Waals surface area contributed by atoms with Crippen LogP contribution in [-0.4, -0.2) is 39.0 Å². The van der Waals surface area contributed by atoms with Crippen LogP contribution >= 0.6 is 0 Å². The van der Waals surface area contributed by atoms with Gasteiger partial charge >= 0.3 is 0 Å². The van der Waals surface area contributed by atoms with E-state index in [9.17, 15) is 4.79 Å². The molecule has 3 atom stereocenters. The van der Waals surface area contributed by atoms with Gasteiger partial charge in [0.25, 0.3) is 0 Å². The van der Waals surface area contributed by atoms with Gasteiger partial charge in [0.1, 0.15) is 5.82 Å². The molecular formula is C21H32N4O. The molecule has 2 bridgehead atoms. The van der Waals surface area contributed by atoms with Gasteiger partial charge in [-0.25, -0.2) is 4.98 Å². The van der Waals surface area contributed by atoms with E-state index >= 15 is 0 Å². The van der Waals surface area contributed by atoms with Crippen molar-refractivity contribution in [3.63, 3.8) is 0 Å². The minimum Gasteiger partial charge on any atom is -0.352 e. The topological polar surface area (TPSA) is 50.2 Å². The van der Waals surface area contributed by atoms with Crippen molar-refractivity contribution in [3.05, 3.63) is 29.9 Å². The molecule has 2 fully saturated rings. The van der Waals surface area contributed by atoms with Gasteiger partial charge in [0.15, 0.2) is 0 Å².